The summed E-state index contributed by atoms with van der Waals surface area (Å²) in [6.07, 6.45) is 2.00. The number of rotatable bonds is 6. The molecule has 0 saturated heterocycles. The van der Waals surface area contributed by atoms with Crippen LogP contribution >= 0.6 is 0 Å². The van der Waals surface area contributed by atoms with Gasteiger partial charge in [0.05, 0.1) is 11.6 Å². The normalized spacial score (nSPS) is 13.7. The lowest BCUT2D eigenvalue weighted by Gasteiger charge is -2.39. The molecule has 1 rings (SSSR count). The molecule has 102 valence electrons. The Morgan fingerprint density at radius 2 is 1.83 bits per heavy atom. The maximum atomic E-state index is 5.87. The molecule has 0 radical (unpaired) electrons. The van der Waals surface area contributed by atoms with Gasteiger partial charge in [0.15, 0.2) is 0 Å². The van der Waals surface area contributed by atoms with E-state index >= 15 is 0 Å². The molecular formula is C16H27NO. The molecule has 0 aliphatic heterocycles. The van der Waals surface area contributed by atoms with E-state index in [0.29, 0.717) is 0 Å². The fourth-order valence-electron chi connectivity index (χ4n) is 2.92. The van der Waals surface area contributed by atoms with E-state index in [2.05, 4.69) is 51.2 Å². The largest absolute Gasteiger partial charge is 0.376 e. The summed E-state index contributed by atoms with van der Waals surface area (Å²) in [6.45, 7) is 8.70. The molecule has 0 fully saturated rings. The van der Waals surface area contributed by atoms with Crippen LogP contribution in [0.4, 0.5) is 0 Å². The van der Waals surface area contributed by atoms with Crippen molar-refractivity contribution in [3.63, 3.8) is 0 Å². The summed E-state index contributed by atoms with van der Waals surface area (Å²) in [4.78, 5) is 0. The van der Waals surface area contributed by atoms with Crippen molar-refractivity contribution in [3.05, 3.63) is 34.9 Å². The number of likely N-dealkylation sites (N-methyl/N-ethyl adjacent to an activating group) is 1. The number of benzene rings is 1. The maximum absolute atomic E-state index is 5.87. The SMILES string of the molecule is CCC(CC)(OC)C(NC)c1ccc(C)cc1C. The van der Waals surface area contributed by atoms with Crippen LogP contribution in [0.1, 0.15) is 49.4 Å². The lowest BCUT2D eigenvalue weighted by Crippen LogP contribution is -2.44. The topological polar surface area (TPSA) is 21.3 Å². The molecule has 2 nitrogen and oxygen atoms in total. The first-order valence-corrected chi connectivity index (χ1v) is 6.84. The fourth-order valence-corrected chi connectivity index (χ4v) is 2.92. The Morgan fingerprint density at radius 3 is 2.22 bits per heavy atom. The molecule has 1 unspecified atom stereocenters. The van der Waals surface area contributed by atoms with E-state index in [1.165, 1.54) is 16.7 Å². The van der Waals surface area contributed by atoms with Crippen molar-refractivity contribution in [1.29, 1.82) is 0 Å². The lowest BCUT2D eigenvalue weighted by atomic mass is 9.82. The molecular weight excluding hydrogens is 222 g/mol. The summed E-state index contributed by atoms with van der Waals surface area (Å²) in [5.41, 5.74) is 3.85. The van der Waals surface area contributed by atoms with E-state index in [1.807, 2.05) is 14.2 Å². The molecule has 0 saturated carbocycles. The van der Waals surface area contributed by atoms with Crippen LogP contribution in [-0.2, 0) is 4.74 Å². The van der Waals surface area contributed by atoms with Gasteiger partial charge in [0.25, 0.3) is 0 Å². The monoisotopic (exact) mass is 249 g/mol. The predicted molar refractivity (Wildman–Crippen MR) is 78.0 cm³/mol. The van der Waals surface area contributed by atoms with Gasteiger partial charge in [0, 0.05) is 7.11 Å². The van der Waals surface area contributed by atoms with Crippen molar-refractivity contribution >= 4 is 0 Å². The molecule has 1 aromatic rings. The number of aryl methyl sites for hydroxylation is 2. The van der Waals surface area contributed by atoms with E-state index in [4.69, 9.17) is 4.74 Å². The number of hydrogen-bond acceptors (Lipinski definition) is 2. The molecule has 0 aliphatic rings. The van der Waals surface area contributed by atoms with Gasteiger partial charge in [-0.15, -0.1) is 0 Å². The molecule has 1 N–H and O–H groups in total. The zero-order chi connectivity index (χ0) is 13.8. The minimum atomic E-state index is -0.130. The Morgan fingerprint density at radius 1 is 1.22 bits per heavy atom. The Labute approximate surface area is 112 Å². The zero-order valence-electron chi connectivity index (χ0n) is 12.6. The van der Waals surface area contributed by atoms with Crippen LogP contribution in [0.15, 0.2) is 18.2 Å². The van der Waals surface area contributed by atoms with Gasteiger partial charge in [-0.25, -0.2) is 0 Å². The summed E-state index contributed by atoms with van der Waals surface area (Å²) in [5.74, 6) is 0. The molecule has 0 heterocycles. The second-order valence-electron chi connectivity index (χ2n) is 5.06. The van der Waals surface area contributed by atoms with Crippen molar-refractivity contribution < 1.29 is 4.74 Å². The molecule has 0 bridgehead atoms. The highest BCUT2D eigenvalue weighted by Crippen LogP contribution is 2.36. The summed E-state index contributed by atoms with van der Waals surface area (Å²) >= 11 is 0. The molecule has 0 aliphatic carbocycles. The number of hydrogen-bond donors (Lipinski definition) is 1. The zero-order valence-corrected chi connectivity index (χ0v) is 12.6. The standard InChI is InChI=1S/C16H27NO/c1-7-16(8-2,18-6)15(17-5)14-10-9-12(3)11-13(14)4/h9-11,15,17H,7-8H2,1-6H3. The van der Waals surface area contributed by atoms with E-state index < -0.39 is 0 Å². The maximum Gasteiger partial charge on any atom is 0.0867 e. The summed E-state index contributed by atoms with van der Waals surface area (Å²) in [7, 11) is 3.84. The van der Waals surface area contributed by atoms with Gasteiger partial charge in [-0.3, -0.25) is 0 Å². The van der Waals surface area contributed by atoms with Crippen LogP contribution in [0.5, 0.6) is 0 Å². The summed E-state index contributed by atoms with van der Waals surface area (Å²) < 4.78 is 5.87. The second-order valence-corrected chi connectivity index (χ2v) is 5.06. The van der Waals surface area contributed by atoms with E-state index in [9.17, 15) is 0 Å². The van der Waals surface area contributed by atoms with Gasteiger partial charge in [-0.2, -0.15) is 0 Å². The smallest absolute Gasteiger partial charge is 0.0867 e. The van der Waals surface area contributed by atoms with Gasteiger partial charge < -0.3 is 10.1 Å². The first-order chi connectivity index (χ1) is 8.54. The first kappa shape index (κ1) is 15.2. The van der Waals surface area contributed by atoms with Gasteiger partial charge in [-0.1, -0.05) is 37.6 Å². The van der Waals surface area contributed by atoms with Crippen molar-refractivity contribution in [2.75, 3.05) is 14.2 Å². The molecule has 0 spiro atoms. The van der Waals surface area contributed by atoms with Gasteiger partial charge in [0.1, 0.15) is 0 Å². The van der Waals surface area contributed by atoms with Crippen molar-refractivity contribution in [2.45, 2.75) is 52.2 Å². The lowest BCUT2D eigenvalue weighted by molar-refractivity contribution is -0.0469. The third-order valence-electron chi connectivity index (χ3n) is 4.15. The number of ether oxygens (including phenoxy) is 1. The Balaban J connectivity index is 3.23. The van der Waals surface area contributed by atoms with Gasteiger partial charge in [0.2, 0.25) is 0 Å². The summed E-state index contributed by atoms with van der Waals surface area (Å²) in [5, 5.41) is 3.45. The highest BCUT2D eigenvalue weighted by molar-refractivity contribution is 5.34. The Bertz CT molecular complexity index is 374. The Kier molecular flexibility index (Phi) is 5.36. The van der Waals surface area contributed by atoms with Gasteiger partial charge in [-0.05, 0) is 44.9 Å². The predicted octanol–water partition coefficient (Wildman–Crippen LogP) is 3.77. The third-order valence-corrected chi connectivity index (χ3v) is 4.15. The average Bonchev–Trinajstić information content (AvgIpc) is 2.38. The second kappa shape index (κ2) is 6.35. The average molecular weight is 249 g/mol. The molecule has 1 aromatic carbocycles. The van der Waals surface area contributed by atoms with Crippen LogP contribution in [0, 0.1) is 13.8 Å². The molecule has 1 atom stereocenters. The number of nitrogens with one attached hydrogen (secondary N) is 1. The van der Waals surface area contributed by atoms with Crippen LogP contribution < -0.4 is 5.32 Å². The quantitative estimate of drug-likeness (QED) is 0.828. The third kappa shape index (κ3) is 2.76. The first-order valence-electron chi connectivity index (χ1n) is 6.84. The fraction of sp³-hybridized carbons (Fsp3) is 0.625. The minimum Gasteiger partial charge on any atom is -0.376 e. The van der Waals surface area contributed by atoms with E-state index in [-0.39, 0.29) is 11.6 Å². The molecule has 18 heavy (non-hydrogen) atoms. The van der Waals surface area contributed by atoms with Crippen LogP contribution in [0.2, 0.25) is 0 Å². The van der Waals surface area contributed by atoms with E-state index in [1.54, 1.807) is 0 Å². The van der Waals surface area contributed by atoms with Crippen molar-refractivity contribution in [2.24, 2.45) is 0 Å². The van der Waals surface area contributed by atoms with Crippen LogP contribution in [-0.4, -0.2) is 19.8 Å². The minimum absolute atomic E-state index is 0.130. The van der Waals surface area contributed by atoms with Crippen molar-refractivity contribution in [3.8, 4) is 0 Å². The molecule has 0 aromatic heterocycles. The Hall–Kier alpha value is -0.860. The van der Waals surface area contributed by atoms with Crippen LogP contribution in [0.3, 0.4) is 0 Å². The summed E-state index contributed by atoms with van der Waals surface area (Å²) in [6, 6.07) is 6.88. The van der Waals surface area contributed by atoms with E-state index in [0.717, 1.165) is 12.8 Å². The molecule has 2 heteroatoms. The van der Waals surface area contributed by atoms with Crippen molar-refractivity contribution in [1.82, 2.24) is 5.32 Å². The highest BCUT2D eigenvalue weighted by atomic mass is 16.5. The molecule has 0 amide bonds. The van der Waals surface area contributed by atoms with Gasteiger partial charge >= 0.3 is 0 Å². The van der Waals surface area contributed by atoms with Crippen LogP contribution in [0.25, 0.3) is 0 Å². The highest BCUT2D eigenvalue weighted by Gasteiger charge is 2.36. The number of methoxy groups -OCH3 is 1.